The number of rotatable bonds is 8. The first-order valence-corrected chi connectivity index (χ1v) is 9.14. The minimum Gasteiger partial charge on any atom is -0.494 e. The Morgan fingerprint density at radius 3 is 2.48 bits per heavy atom. The van der Waals surface area contributed by atoms with Crippen molar-refractivity contribution in [1.82, 2.24) is 10.3 Å². The van der Waals surface area contributed by atoms with E-state index in [1.165, 1.54) is 0 Å². The fraction of sp³-hybridized carbons (Fsp3) is 0.409. The fourth-order valence-corrected chi connectivity index (χ4v) is 2.41. The van der Waals surface area contributed by atoms with Crippen LogP contribution in [0.15, 0.2) is 36.4 Å². The van der Waals surface area contributed by atoms with Crippen LogP contribution in [0, 0.1) is 18.8 Å². The summed E-state index contributed by atoms with van der Waals surface area (Å²) in [7, 11) is 0. The van der Waals surface area contributed by atoms with Gasteiger partial charge in [-0.05, 0) is 62.7 Å². The molecule has 1 heterocycles. The smallest absolute Gasteiger partial charge is 0.119 e. The summed E-state index contributed by atoms with van der Waals surface area (Å²) in [4.78, 5) is 4.56. The molecule has 0 fully saturated rings. The van der Waals surface area contributed by atoms with Crippen LogP contribution in [-0.4, -0.2) is 18.1 Å². The number of pyridine rings is 1. The molecule has 0 aliphatic heterocycles. The Kier molecular flexibility index (Phi) is 8.01. The van der Waals surface area contributed by atoms with Gasteiger partial charge in [0.2, 0.25) is 0 Å². The van der Waals surface area contributed by atoms with Crippen molar-refractivity contribution in [1.29, 1.82) is 0 Å². The minimum atomic E-state index is 0.770. The average Bonchev–Trinajstić information content (AvgIpc) is 2.61. The lowest BCUT2D eigenvalue weighted by molar-refractivity contribution is 0.309. The lowest BCUT2D eigenvalue weighted by atomic mass is 10.1. The summed E-state index contributed by atoms with van der Waals surface area (Å²) >= 11 is 0. The van der Waals surface area contributed by atoms with Gasteiger partial charge >= 0.3 is 0 Å². The van der Waals surface area contributed by atoms with Gasteiger partial charge in [-0.15, -0.1) is 0 Å². The number of nitrogens with zero attached hydrogens (tertiary/aromatic N) is 1. The van der Waals surface area contributed by atoms with Gasteiger partial charge in [0.05, 0.1) is 12.3 Å². The Bertz CT molecular complexity index is 711. The van der Waals surface area contributed by atoms with Crippen molar-refractivity contribution in [2.75, 3.05) is 13.2 Å². The Labute approximate surface area is 151 Å². The largest absolute Gasteiger partial charge is 0.494 e. The number of aromatic nitrogens is 1. The van der Waals surface area contributed by atoms with E-state index in [-0.39, 0.29) is 0 Å². The second-order valence-corrected chi connectivity index (χ2v) is 6.14. The number of ether oxygens (including phenoxy) is 1. The quantitative estimate of drug-likeness (QED) is 0.570. The van der Waals surface area contributed by atoms with Crippen LogP contribution in [0.2, 0.25) is 0 Å². The number of hydrogen-bond acceptors (Lipinski definition) is 3. The number of unbranched alkanes of at least 4 members (excludes halogenated alkanes) is 1. The summed E-state index contributed by atoms with van der Waals surface area (Å²) in [5.74, 6) is 7.37. The average molecular weight is 336 g/mol. The van der Waals surface area contributed by atoms with Gasteiger partial charge in [0, 0.05) is 23.4 Å². The maximum Gasteiger partial charge on any atom is 0.119 e. The van der Waals surface area contributed by atoms with Crippen molar-refractivity contribution in [3.05, 3.63) is 58.9 Å². The molecular weight excluding hydrogens is 308 g/mol. The summed E-state index contributed by atoms with van der Waals surface area (Å²) in [6.07, 6.45) is 3.35. The van der Waals surface area contributed by atoms with E-state index in [0.717, 1.165) is 67.2 Å². The van der Waals surface area contributed by atoms with Crippen LogP contribution in [0.1, 0.15) is 55.6 Å². The standard InChI is InChI=1S/C22H28N2O/c1-4-6-14-25-22-11-9-19(10-12-22)7-8-20-15-18(3)24-21(16-20)17-23-13-5-2/h9-12,15-16,23H,4-6,13-14,17H2,1-3H3. The highest BCUT2D eigenvalue weighted by Gasteiger charge is 1.99. The molecule has 1 aromatic carbocycles. The minimum absolute atomic E-state index is 0.770. The number of hydrogen-bond donors (Lipinski definition) is 1. The number of aryl methyl sites for hydroxylation is 1. The third kappa shape index (κ3) is 6.99. The Morgan fingerprint density at radius 1 is 1.00 bits per heavy atom. The van der Waals surface area contributed by atoms with Crippen molar-refractivity contribution in [2.24, 2.45) is 0 Å². The zero-order valence-electron chi connectivity index (χ0n) is 15.6. The van der Waals surface area contributed by atoms with Crippen LogP contribution in [-0.2, 0) is 6.54 Å². The van der Waals surface area contributed by atoms with Crippen LogP contribution in [0.4, 0.5) is 0 Å². The third-order valence-corrected chi connectivity index (χ3v) is 3.71. The molecule has 0 radical (unpaired) electrons. The predicted molar refractivity (Wildman–Crippen MR) is 104 cm³/mol. The van der Waals surface area contributed by atoms with Gasteiger partial charge < -0.3 is 10.1 Å². The van der Waals surface area contributed by atoms with E-state index in [1.807, 2.05) is 37.3 Å². The molecule has 0 amide bonds. The molecule has 3 heteroatoms. The molecule has 3 nitrogen and oxygen atoms in total. The Balaban J connectivity index is 2.02. The highest BCUT2D eigenvalue weighted by atomic mass is 16.5. The molecule has 132 valence electrons. The van der Waals surface area contributed by atoms with E-state index in [9.17, 15) is 0 Å². The summed E-state index contributed by atoms with van der Waals surface area (Å²) in [6, 6.07) is 12.1. The Morgan fingerprint density at radius 2 is 1.76 bits per heavy atom. The van der Waals surface area contributed by atoms with Gasteiger partial charge in [-0.2, -0.15) is 0 Å². The van der Waals surface area contributed by atoms with Gasteiger partial charge in [-0.3, -0.25) is 4.98 Å². The molecule has 0 aliphatic rings. The molecule has 2 rings (SSSR count). The third-order valence-electron chi connectivity index (χ3n) is 3.71. The topological polar surface area (TPSA) is 34.1 Å². The van der Waals surface area contributed by atoms with Crippen molar-refractivity contribution < 1.29 is 4.74 Å². The molecule has 0 unspecified atom stereocenters. The number of nitrogens with one attached hydrogen (secondary N) is 1. The first-order valence-electron chi connectivity index (χ1n) is 9.14. The molecule has 2 aromatic rings. The zero-order chi connectivity index (χ0) is 17.9. The summed E-state index contributed by atoms with van der Waals surface area (Å²) in [5.41, 5.74) is 4.03. The fourth-order valence-electron chi connectivity index (χ4n) is 2.41. The van der Waals surface area contributed by atoms with E-state index in [4.69, 9.17) is 4.74 Å². The van der Waals surface area contributed by atoms with Crippen LogP contribution in [0.5, 0.6) is 5.75 Å². The summed E-state index contributed by atoms with van der Waals surface area (Å²) < 4.78 is 5.68. The van der Waals surface area contributed by atoms with Crippen molar-refractivity contribution >= 4 is 0 Å². The van der Waals surface area contributed by atoms with E-state index < -0.39 is 0 Å². The van der Waals surface area contributed by atoms with Crippen molar-refractivity contribution in [2.45, 2.75) is 46.6 Å². The van der Waals surface area contributed by atoms with Crippen LogP contribution < -0.4 is 10.1 Å². The van der Waals surface area contributed by atoms with E-state index >= 15 is 0 Å². The molecule has 0 saturated carbocycles. The van der Waals surface area contributed by atoms with Gasteiger partial charge in [0.1, 0.15) is 5.75 Å². The van der Waals surface area contributed by atoms with Crippen LogP contribution in [0.25, 0.3) is 0 Å². The second kappa shape index (κ2) is 10.5. The molecule has 0 bridgehead atoms. The Hall–Kier alpha value is -2.31. The zero-order valence-corrected chi connectivity index (χ0v) is 15.6. The van der Waals surface area contributed by atoms with Crippen LogP contribution in [0.3, 0.4) is 0 Å². The van der Waals surface area contributed by atoms with E-state index in [1.54, 1.807) is 0 Å². The highest BCUT2D eigenvalue weighted by molar-refractivity contribution is 5.45. The first-order chi connectivity index (χ1) is 12.2. The van der Waals surface area contributed by atoms with Crippen molar-refractivity contribution in [3.8, 4) is 17.6 Å². The summed E-state index contributed by atoms with van der Waals surface area (Å²) in [6.45, 7) is 8.89. The molecule has 1 aromatic heterocycles. The molecule has 0 saturated heterocycles. The van der Waals surface area contributed by atoms with Gasteiger partial charge in [0.15, 0.2) is 0 Å². The summed E-state index contributed by atoms with van der Waals surface area (Å²) in [5, 5.41) is 3.38. The second-order valence-electron chi connectivity index (χ2n) is 6.14. The van der Waals surface area contributed by atoms with Gasteiger partial charge in [-0.25, -0.2) is 0 Å². The molecule has 25 heavy (non-hydrogen) atoms. The van der Waals surface area contributed by atoms with Crippen molar-refractivity contribution in [3.63, 3.8) is 0 Å². The molecular formula is C22H28N2O. The molecule has 1 N–H and O–H groups in total. The monoisotopic (exact) mass is 336 g/mol. The van der Waals surface area contributed by atoms with E-state index in [2.05, 4.69) is 42.1 Å². The SMILES string of the molecule is CCCCOc1ccc(C#Cc2cc(C)nc(CNCCC)c2)cc1. The maximum absolute atomic E-state index is 5.68. The predicted octanol–water partition coefficient (Wildman–Crippen LogP) is 4.47. The van der Waals surface area contributed by atoms with Gasteiger partial charge in [-0.1, -0.05) is 32.1 Å². The lowest BCUT2D eigenvalue weighted by Gasteiger charge is -2.05. The van der Waals surface area contributed by atoms with E-state index in [0.29, 0.717) is 0 Å². The molecule has 0 spiro atoms. The van der Waals surface area contributed by atoms with Crippen LogP contribution >= 0.6 is 0 Å². The normalized spacial score (nSPS) is 10.2. The van der Waals surface area contributed by atoms with Gasteiger partial charge in [0.25, 0.3) is 0 Å². The number of benzene rings is 1. The first kappa shape index (κ1) is 19.0. The molecule has 0 atom stereocenters. The lowest BCUT2D eigenvalue weighted by Crippen LogP contribution is -2.15. The maximum atomic E-state index is 5.68. The molecule has 0 aliphatic carbocycles. The highest BCUT2D eigenvalue weighted by Crippen LogP contribution is 2.12.